The number of nitrogens with one attached hydrogen (secondary N) is 1. The Morgan fingerprint density at radius 1 is 1.31 bits per heavy atom. The molecule has 3 nitrogen and oxygen atoms in total. The minimum Gasteiger partial charge on any atom is -0.392 e. The largest absolute Gasteiger partial charge is 0.392 e. The Morgan fingerprint density at radius 2 is 1.85 bits per heavy atom. The van der Waals surface area contributed by atoms with Gasteiger partial charge in [-0.25, -0.2) is 0 Å². The van der Waals surface area contributed by atoms with Gasteiger partial charge < -0.3 is 10.4 Å². The first kappa shape index (κ1) is 9.74. The van der Waals surface area contributed by atoms with Crippen LogP contribution in [-0.2, 0) is 17.9 Å². The maximum Gasteiger partial charge on any atom is 0.217 e. The van der Waals surface area contributed by atoms with E-state index in [1.165, 1.54) is 6.92 Å². The van der Waals surface area contributed by atoms with E-state index in [2.05, 4.69) is 5.32 Å². The highest BCUT2D eigenvalue weighted by atomic mass is 16.3. The van der Waals surface area contributed by atoms with Crippen molar-refractivity contribution in [3.63, 3.8) is 0 Å². The number of aliphatic hydroxyl groups excluding tert-OH is 1. The Balaban J connectivity index is 2.54. The van der Waals surface area contributed by atoms with E-state index in [0.717, 1.165) is 11.1 Å². The van der Waals surface area contributed by atoms with Gasteiger partial charge in [-0.15, -0.1) is 0 Å². The number of aliphatic hydroxyl groups is 1. The normalized spacial score (nSPS) is 9.69. The van der Waals surface area contributed by atoms with Crippen LogP contribution in [0.15, 0.2) is 24.3 Å². The molecule has 0 aromatic heterocycles. The summed E-state index contributed by atoms with van der Waals surface area (Å²) < 4.78 is 0. The fourth-order valence-electron chi connectivity index (χ4n) is 0.989. The molecule has 1 rings (SSSR count). The molecule has 0 bridgehead atoms. The lowest BCUT2D eigenvalue weighted by molar-refractivity contribution is -0.119. The molecule has 1 amide bonds. The monoisotopic (exact) mass is 179 g/mol. The van der Waals surface area contributed by atoms with Gasteiger partial charge in [0.1, 0.15) is 0 Å². The Kier molecular flexibility index (Phi) is 3.46. The Labute approximate surface area is 77.4 Å². The van der Waals surface area contributed by atoms with Crippen molar-refractivity contribution in [1.82, 2.24) is 5.32 Å². The van der Waals surface area contributed by atoms with E-state index in [9.17, 15) is 4.79 Å². The summed E-state index contributed by atoms with van der Waals surface area (Å²) >= 11 is 0. The van der Waals surface area contributed by atoms with Crippen molar-refractivity contribution in [2.45, 2.75) is 20.1 Å². The third-order valence-electron chi connectivity index (χ3n) is 1.75. The number of amides is 1. The van der Waals surface area contributed by atoms with Gasteiger partial charge in [-0.05, 0) is 11.1 Å². The first-order valence-corrected chi connectivity index (χ1v) is 4.15. The van der Waals surface area contributed by atoms with E-state index < -0.39 is 0 Å². The number of hydrogen-bond donors (Lipinski definition) is 2. The molecule has 0 fully saturated rings. The first-order chi connectivity index (χ1) is 6.22. The third kappa shape index (κ3) is 3.25. The summed E-state index contributed by atoms with van der Waals surface area (Å²) in [5.41, 5.74) is 1.92. The first-order valence-electron chi connectivity index (χ1n) is 4.15. The Hall–Kier alpha value is -1.35. The van der Waals surface area contributed by atoms with Crippen LogP contribution in [0.1, 0.15) is 18.1 Å². The summed E-state index contributed by atoms with van der Waals surface area (Å²) in [6.07, 6.45) is 0. The van der Waals surface area contributed by atoms with Gasteiger partial charge in [0.25, 0.3) is 0 Å². The van der Waals surface area contributed by atoms with Gasteiger partial charge in [0.05, 0.1) is 6.61 Å². The minimum absolute atomic E-state index is 0.0359. The zero-order chi connectivity index (χ0) is 9.68. The topological polar surface area (TPSA) is 49.3 Å². The molecular weight excluding hydrogens is 166 g/mol. The zero-order valence-corrected chi connectivity index (χ0v) is 7.58. The molecule has 0 heterocycles. The Morgan fingerprint density at radius 3 is 2.31 bits per heavy atom. The lowest BCUT2D eigenvalue weighted by Gasteiger charge is -2.02. The van der Waals surface area contributed by atoms with Crippen LogP contribution in [0.25, 0.3) is 0 Å². The van der Waals surface area contributed by atoms with Gasteiger partial charge in [0.2, 0.25) is 5.91 Å². The minimum atomic E-state index is -0.0359. The quantitative estimate of drug-likeness (QED) is 0.721. The maximum absolute atomic E-state index is 10.6. The molecule has 1 aromatic rings. The van der Waals surface area contributed by atoms with E-state index in [-0.39, 0.29) is 12.5 Å². The van der Waals surface area contributed by atoms with Crippen LogP contribution in [0.3, 0.4) is 0 Å². The number of carbonyl (C=O) groups is 1. The van der Waals surface area contributed by atoms with Crippen LogP contribution in [0.5, 0.6) is 0 Å². The predicted molar refractivity (Wildman–Crippen MR) is 49.9 cm³/mol. The standard InChI is InChI=1S/C10H13NO2/c1-8(13)11-6-9-2-4-10(7-12)5-3-9/h2-5,12H,6-7H2,1H3,(H,11,13). The molecule has 3 heteroatoms. The molecule has 0 aliphatic heterocycles. The van der Waals surface area contributed by atoms with Gasteiger partial charge >= 0.3 is 0 Å². The van der Waals surface area contributed by atoms with Gasteiger partial charge in [0.15, 0.2) is 0 Å². The molecule has 0 atom stereocenters. The molecule has 0 unspecified atom stereocenters. The SMILES string of the molecule is CC(=O)NCc1ccc(CO)cc1. The van der Waals surface area contributed by atoms with Crippen molar-refractivity contribution >= 4 is 5.91 Å². The zero-order valence-electron chi connectivity index (χ0n) is 7.58. The summed E-state index contributed by atoms with van der Waals surface area (Å²) in [7, 11) is 0. The van der Waals surface area contributed by atoms with E-state index in [4.69, 9.17) is 5.11 Å². The third-order valence-corrected chi connectivity index (χ3v) is 1.75. The summed E-state index contributed by atoms with van der Waals surface area (Å²) in [4.78, 5) is 10.6. The molecule has 0 spiro atoms. The van der Waals surface area contributed by atoms with Gasteiger partial charge in [-0.3, -0.25) is 4.79 Å². The summed E-state index contributed by atoms with van der Waals surface area (Å²) in [5.74, 6) is -0.0359. The van der Waals surface area contributed by atoms with Gasteiger partial charge in [0, 0.05) is 13.5 Å². The second-order valence-electron chi connectivity index (χ2n) is 2.88. The number of carbonyl (C=O) groups excluding carboxylic acids is 1. The number of benzene rings is 1. The average Bonchev–Trinajstić information content (AvgIpc) is 2.15. The second kappa shape index (κ2) is 4.62. The van der Waals surface area contributed by atoms with Crippen molar-refractivity contribution in [2.24, 2.45) is 0 Å². The van der Waals surface area contributed by atoms with Crippen molar-refractivity contribution in [3.05, 3.63) is 35.4 Å². The van der Waals surface area contributed by atoms with Crippen LogP contribution < -0.4 is 5.32 Å². The maximum atomic E-state index is 10.6. The van der Waals surface area contributed by atoms with Crippen LogP contribution >= 0.6 is 0 Å². The van der Waals surface area contributed by atoms with Crippen molar-refractivity contribution in [1.29, 1.82) is 0 Å². The summed E-state index contributed by atoms with van der Waals surface area (Å²) in [6, 6.07) is 7.47. The van der Waals surface area contributed by atoms with E-state index in [0.29, 0.717) is 6.54 Å². The smallest absolute Gasteiger partial charge is 0.217 e. The van der Waals surface area contributed by atoms with Gasteiger partial charge in [-0.2, -0.15) is 0 Å². The lowest BCUT2D eigenvalue weighted by atomic mass is 10.1. The molecule has 1 aromatic carbocycles. The van der Waals surface area contributed by atoms with Crippen molar-refractivity contribution < 1.29 is 9.90 Å². The molecule has 0 aliphatic rings. The molecule has 0 aliphatic carbocycles. The van der Waals surface area contributed by atoms with Crippen LogP contribution in [0, 0.1) is 0 Å². The molecule has 0 radical (unpaired) electrons. The number of hydrogen-bond acceptors (Lipinski definition) is 2. The van der Waals surface area contributed by atoms with Crippen molar-refractivity contribution in [2.75, 3.05) is 0 Å². The number of rotatable bonds is 3. The van der Waals surface area contributed by atoms with Crippen LogP contribution in [0.4, 0.5) is 0 Å². The van der Waals surface area contributed by atoms with Crippen LogP contribution in [-0.4, -0.2) is 11.0 Å². The van der Waals surface area contributed by atoms with E-state index in [1.54, 1.807) is 0 Å². The molecule has 70 valence electrons. The van der Waals surface area contributed by atoms with Crippen LogP contribution in [0.2, 0.25) is 0 Å². The highest BCUT2D eigenvalue weighted by Crippen LogP contribution is 2.03. The van der Waals surface area contributed by atoms with E-state index in [1.807, 2.05) is 24.3 Å². The highest BCUT2D eigenvalue weighted by Gasteiger charge is 1.94. The second-order valence-corrected chi connectivity index (χ2v) is 2.88. The fraction of sp³-hybridized carbons (Fsp3) is 0.300. The summed E-state index contributed by atoms with van der Waals surface area (Å²) in [6.45, 7) is 2.09. The van der Waals surface area contributed by atoms with E-state index >= 15 is 0 Å². The Bertz CT molecular complexity index is 279. The highest BCUT2D eigenvalue weighted by molar-refractivity contribution is 5.72. The van der Waals surface area contributed by atoms with Gasteiger partial charge in [-0.1, -0.05) is 24.3 Å². The average molecular weight is 179 g/mol. The molecule has 2 N–H and O–H groups in total. The molecule has 13 heavy (non-hydrogen) atoms. The summed E-state index contributed by atoms with van der Waals surface area (Å²) in [5, 5.41) is 11.5. The molecule has 0 saturated heterocycles. The fourth-order valence-corrected chi connectivity index (χ4v) is 0.989. The molecule has 0 saturated carbocycles. The lowest BCUT2D eigenvalue weighted by Crippen LogP contribution is -2.18. The van der Waals surface area contributed by atoms with Crippen molar-refractivity contribution in [3.8, 4) is 0 Å². The molecular formula is C10H13NO2. The predicted octanol–water partition coefficient (Wildman–Crippen LogP) is 0.815.